The summed E-state index contributed by atoms with van der Waals surface area (Å²) in [7, 11) is 0. The molecule has 0 saturated carbocycles. The minimum atomic E-state index is -0.391. The number of aryl methyl sites for hydroxylation is 1. The Bertz CT molecular complexity index is 629. The summed E-state index contributed by atoms with van der Waals surface area (Å²) in [5.74, 6) is -0.143. The SMILES string of the molecule is CC(=O)c1ccc(NC(=O)C(C)n2nccc2C)cc1. The molecule has 0 aliphatic heterocycles. The fourth-order valence-corrected chi connectivity index (χ4v) is 1.93. The summed E-state index contributed by atoms with van der Waals surface area (Å²) in [5.41, 5.74) is 2.22. The summed E-state index contributed by atoms with van der Waals surface area (Å²) in [6.45, 7) is 5.20. The second-order valence-corrected chi connectivity index (χ2v) is 4.72. The maximum absolute atomic E-state index is 12.1. The van der Waals surface area contributed by atoms with Crippen LogP contribution in [0.2, 0.25) is 0 Å². The lowest BCUT2D eigenvalue weighted by Gasteiger charge is -2.14. The third-order valence-corrected chi connectivity index (χ3v) is 3.17. The van der Waals surface area contributed by atoms with Crippen molar-refractivity contribution in [2.75, 3.05) is 5.32 Å². The van der Waals surface area contributed by atoms with Crippen LogP contribution < -0.4 is 5.32 Å². The van der Waals surface area contributed by atoms with Gasteiger partial charge in [0.15, 0.2) is 5.78 Å². The number of Topliss-reactive ketones (excluding diaryl/α,β-unsaturated/α-hetero) is 1. The second-order valence-electron chi connectivity index (χ2n) is 4.72. The molecule has 104 valence electrons. The summed E-state index contributed by atoms with van der Waals surface area (Å²) < 4.78 is 1.67. The fourth-order valence-electron chi connectivity index (χ4n) is 1.93. The third-order valence-electron chi connectivity index (χ3n) is 3.17. The highest BCUT2D eigenvalue weighted by Crippen LogP contribution is 2.14. The van der Waals surface area contributed by atoms with Crippen molar-refractivity contribution in [1.29, 1.82) is 0 Å². The van der Waals surface area contributed by atoms with Crippen molar-refractivity contribution < 1.29 is 9.59 Å². The van der Waals surface area contributed by atoms with Gasteiger partial charge in [-0.3, -0.25) is 14.3 Å². The van der Waals surface area contributed by atoms with Crippen LogP contribution in [0.4, 0.5) is 5.69 Å². The van der Waals surface area contributed by atoms with E-state index in [0.717, 1.165) is 5.69 Å². The van der Waals surface area contributed by atoms with E-state index < -0.39 is 6.04 Å². The van der Waals surface area contributed by atoms with Gasteiger partial charge in [-0.25, -0.2) is 0 Å². The molecule has 1 atom stereocenters. The standard InChI is InChI=1S/C15H17N3O2/c1-10-8-9-16-18(10)11(2)15(20)17-14-6-4-13(5-7-14)12(3)19/h4-9,11H,1-3H3,(H,17,20). The van der Waals surface area contributed by atoms with E-state index in [4.69, 9.17) is 0 Å². The van der Waals surface area contributed by atoms with Crippen LogP contribution in [-0.2, 0) is 4.79 Å². The zero-order chi connectivity index (χ0) is 14.7. The summed E-state index contributed by atoms with van der Waals surface area (Å²) in [6, 6.07) is 8.29. The molecule has 0 fully saturated rings. The molecular weight excluding hydrogens is 254 g/mol. The predicted molar refractivity (Wildman–Crippen MR) is 76.8 cm³/mol. The molecule has 20 heavy (non-hydrogen) atoms. The molecule has 0 aliphatic rings. The summed E-state index contributed by atoms with van der Waals surface area (Å²) in [4.78, 5) is 23.3. The second kappa shape index (κ2) is 5.69. The van der Waals surface area contributed by atoms with Gasteiger partial charge in [0.2, 0.25) is 5.91 Å². The number of carbonyl (C=O) groups is 2. The highest BCUT2D eigenvalue weighted by molar-refractivity contribution is 5.96. The van der Waals surface area contributed by atoms with Crippen molar-refractivity contribution in [2.45, 2.75) is 26.8 Å². The molecule has 2 aromatic rings. The van der Waals surface area contributed by atoms with Gasteiger partial charge < -0.3 is 5.32 Å². The number of aromatic nitrogens is 2. The number of rotatable bonds is 4. The Kier molecular flexibility index (Phi) is 3.98. The number of hydrogen-bond donors (Lipinski definition) is 1. The number of ketones is 1. The van der Waals surface area contributed by atoms with Crippen LogP contribution in [0.3, 0.4) is 0 Å². The first-order valence-corrected chi connectivity index (χ1v) is 6.41. The first-order chi connectivity index (χ1) is 9.49. The monoisotopic (exact) mass is 271 g/mol. The zero-order valence-electron chi connectivity index (χ0n) is 11.8. The van der Waals surface area contributed by atoms with Gasteiger partial charge in [0, 0.05) is 23.1 Å². The van der Waals surface area contributed by atoms with E-state index in [-0.39, 0.29) is 11.7 Å². The Morgan fingerprint density at radius 3 is 2.35 bits per heavy atom. The lowest BCUT2D eigenvalue weighted by molar-refractivity contribution is -0.119. The number of anilines is 1. The minimum Gasteiger partial charge on any atom is -0.324 e. The summed E-state index contributed by atoms with van der Waals surface area (Å²) >= 11 is 0. The highest BCUT2D eigenvalue weighted by atomic mass is 16.2. The summed E-state index contributed by atoms with van der Waals surface area (Å²) in [6.07, 6.45) is 1.67. The van der Waals surface area contributed by atoms with Gasteiger partial charge in [-0.1, -0.05) is 0 Å². The summed E-state index contributed by atoms with van der Waals surface area (Å²) in [5, 5.41) is 6.94. The van der Waals surface area contributed by atoms with E-state index in [0.29, 0.717) is 11.3 Å². The minimum absolute atomic E-state index is 0.00316. The number of benzene rings is 1. The van der Waals surface area contributed by atoms with Crippen molar-refractivity contribution in [3.8, 4) is 0 Å². The van der Waals surface area contributed by atoms with Crippen LogP contribution in [0, 0.1) is 6.92 Å². The first kappa shape index (κ1) is 14.0. The van der Waals surface area contributed by atoms with Crippen molar-refractivity contribution in [3.05, 3.63) is 47.8 Å². The van der Waals surface area contributed by atoms with Gasteiger partial charge in [0.05, 0.1) is 0 Å². The average molecular weight is 271 g/mol. The van der Waals surface area contributed by atoms with Crippen LogP contribution >= 0.6 is 0 Å². The molecule has 5 heteroatoms. The van der Waals surface area contributed by atoms with Crippen molar-refractivity contribution >= 4 is 17.4 Å². The van der Waals surface area contributed by atoms with Crippen LogP contribution in [0.15, 0.2) is 36.5 Å². The number of nitrogens with zero attached hydrogens (tertiary/aromatic N) is 2. The molecule has 1 amide bonds. The van der Waals surface area contributed by atoms with Crippen molar-refractivity contribution in [1.82, 2.24) is 9.78 Å². The molecule has 1 unspecified atom stereocenters. The van der Waals surface area contributed by atoms with Gasteiger partial charge in [-0.15, -0.1) is 0 Å². The van der Waals surface area contributed by atoms with E-state index in [1.807, 2.05) is 13.0 Å². The molecule has 1 N–H and O–H groups in total. The normalized spacial score (nSPS) is 11.9. The average Bonchev–Trinajstić information content (AvgIpc) is 2.84. The Morgan fingerprint density at radius 2 is 1.85 bits per heavy atom. The molecular formula is C15H17N3O2. The molecule has 0 aliphatic carbocycles. The van der Waals surface area contributed by atoms with Gasteiger partial charge in [0.1, 0.15) is 6.04 Å². The lowest BCUT2D eigenvalue weighted by Crippen LogP contribution is -2.25. The van der Waals surface area contributed by atoms with Crippen molar-refractivity contribution in [3.63, 3.8) is 0 Å². The largest absolute Gasteiger partial charge is 0.324 e. The Labute approximate surface area is 117 Å². The number of amides is 1. The van der Waals surface area contributed by atoms with Gasteiger partial charge in [0.25, 0.3) is 0 Å². The molecule has 1 heterocycles. The van der Waals surface area contributed by atoms with Crippen LogP contribution in [0.1, 0.15) is 35.9 Å². The van der Waals surface area contributed by atoms with Crippen LogP contribution in [0.5, 0.6) is 0 Å². The molecule has 0 spiro atoms. The molecule has 0 radical (unpaired) electrons. The maximum atomic E-state index is 12.1. The molecule has 0 saturated heterocycles. The van der Waals surface area contributed by atoms with Gasteiger partial charge >= 0.3 is 0 Å². The Hall–Kier alpha value is -2.43. The molecule has 1 aromatic heterocycles. The molecule has 0 bridgehead atoms. The number of hydrogen-bond acceptors (Lipinski definition) is 3. The number of nitrogens with one attached hydrogen (secondary N) is 1. The Morgan fingerprint density at radius 1 is 1.20 bits per heavy atom. The molecule has 2 rings (SSSR count). The first-order valence-electron chi connectivity index (χ1n) is 6.41. The lowest BCUT2D eigenvalue weighted by atomic mass is 10.1. The number of carbonyl (C=O) groups excluding carboxylic acids is 2. The molecule has 1 aromatic carbocycles. The van der Waals surface area contributed by atoms with Crippen LogP contribution in [0.25, 0.3) is 0 Å². The van der Waals surface area contributed by atoms with E-state index in [1.165, 1.54) is 6.92 Å². The van der Waals surface area contributed by atoms with Gasteiger partial charge in [-0.2, -0.15) is 5.10 Å². The topological polar surface area (TPSA) is 64.0 Å². The smallest absolute Gasteiger partial charge is 0.248 e. The van der Waals surface area contributed by atoms with Crippen molar-refractivity contribution in [2.24, 2.45) is 0 Å². The maximum Gasteiger partial charge on any atom is 0.248 e. The van der Waals surface area contributed by atoms with E-state index >= 15 is 0 Å². The van der Waals surface area contributed by atoms with Gasteiger partial charge in [-0.05, 0) is 51.1 Å². The highest BCUT2D eigenvalue weighted by Gasteiger charge is 2.16. The molecule has 5 nitrogen and oxygen atoms in total. The fraction of sp³-hybridized carbons (Fsp3) is 0.267. The zero-order valence-corrected chi connectivity index (χ0v) is 11.8. The quantitative estimate of drug-likeness (QED) is 0.869. The Balaban J connectivity index is 2.08. The third kappa shape index (κ3) is 2.93. The predicted octanol–water partition coefficient (Wildman–Crippen LogP) is 2.59. The van der Waals surface area contributed by atoms with E-state index in [1.54, 1.807) is 42.1 Å². The van der Waals surface area contributed by atoms with Crippen LogP contribution in [-0.4, -0.2) is 21.5 Å². The van der Waals surface area contributed by atoms with E-state index in [2.05, 4.69) is 10.4 Å². The van der Waals surface area contributed by atoms with E-state index in [9.17, 15) is 9.59 Å².